The van der Waals surface area contributed by atoms with Crippen LogP contribution in [0.1, 0.15) is 39.7 Å². The molecule has 0 radical (unpaired) electrons. The summed E-state index contributed by atoms with van der Waals surface area (Å²) in [6, 6.07) is 10.6. The predicted octanol–water partition coefficient (Wildman–Crippen LogP) is 2.81. The van der Waals surface area contributed by atoms with E-state index in [1.54, 1.807) is 0 Å². The lowest BCUT2D eigenvalue weighted by Crippen LogP contribution is -2.44. The van der Waals surface area contributed by atoms with Crippen LogP contribution in [0.3, 0.4) is 0 Å². The van der Waals surface area contributed by atoms with Gasteiger partial charge in [-0.2, -0.15) is 0 Å². The number of amides is 1. The largest absolute Gasteiger partial charge is 0.322 e. The SMILES string of the molecule is CC(C)C1NC(Cc2ccccc2)C(=O)N1C1CC1(C)C. The van der Waals surface area contributed by atoms with Crippen molar-refractivity contribution in [3.8, 4) is 0 Å². The number of nitrogens with zero attached hydrogens (tertiary/aromatic N) is 1. The molecule has 3 unspecified atom stereocenters. The molecule has 3 atom stereocenters. The molecule has 114 valence electrons. The van der Waals surface area contributed by atoms with Gasteiger partial charge in [-0.3, -0.25) is 10.1 Å². The van der Waals surface area contributed by atoms with E-state index in [1.165, 1.54) is 5.56 Å². The summed E-state index contributed by atoms with van der Waals surface area (Å²) in [5, 5.41) is 3.57. The van der Waals surface area contributed by atoms with Crippen LogP contribution in [-0.4, -0.2) is 29.1 Å². The van der Waals surface area contributed by atoms with Crippen molar-refractivity contribution in [3.63, 3.8) is 0 Å². The summed E-state index contributed by atoms with van der Waals surface area (Å²) >= 11 is 0. The molecule has 2 aliphatic rings. The Bertz CT molecular complexity index is 523. The Labute approximate surface area is 127 Å². The zero-order valence-corrected chi connectivity index (χ0v) is 13.5. The van der Waals surface area contributed by atoms with Crippen LogP contribution in [0.4, 0.5) is 0 Å². The van der Waals surface area contributed by atoms with E-state index in [1.807, 2.05) is 18.2 Å². The van der Waals surface area contributed by atoms with Crippen molar-refractivity contribution in [2.24, 2.45) is 11.3 Å². The number of rotatable bonds is 4. The van der Waals surface area contributed by atoms with Gasteiger partial charge in [-0.1, -0.05) is 58.0 Å². The normalized spacial score (nSPS) is 31.0. The predicted molar refractivity (Wildman–Crippen MR) is 84.7 cm³/mol. The Morgan fingerprint density at radius 3 is 2.43 bits per heavy atom. The fourth-order valence-corrected chi connectivity index (χ4v) is 3.45. The third-order valence-electron chi connectivity index (χ3n) is 4.94. The van der Waals surface area contributed by atoms with E-state index in [4.69, 9.17) is 0 Å². The van der Waals surface area contributed by atoms with Crippen LogP contribution in [0.15, 0.2) is 30.3 Å². The van der Waals surface area contributed by atoms with Crippen LogP contribution in [0.25, 0.3) is 0 Å². The molecule has 1 N–H and O–H groups in total. The van der Waals surface area contributed by atoms with Gasteiger partial charge in [0, 0.05) is 6.04 Å². The standard InChI is InChI=1S/C18H26N2O/c1-12(2)16-19-14(10-13-8-6-5-7-9-13)17(21)20(16)15-11-18(15,3)4/h5-9,12,14-16,19H,10-11H2,1-4H3. The molecule has 3 nitrogen and oxygen atoms in total. The van der Waals surface area contributed by atoms with Crippen molar-refractivity contribution in [2.45, 2.75) is 58.8 Å². The number of nitrogens with one attached hydrogen (secondary N) is 1. The molecule has 1 saturated heterocycles. The molecule has 1 aliphatic carbocycles. The average Bonchev–Trinajstić information content (AvgIpc) is 2.92. The second-order valence-corrected chi connectivity index (χ2v) is 7.55. The third kappa shape index (κ3) is 2.71. The van der Waals surface area contributed by atoms with E-state index in [-0.39, 0.29) is 23.5 Å². The van der Waals surface area contributed by atoms with Gasteiger partial charge >= 0.3 is 0 Å². The smallest absolute Gasteiger partial charge is 0.241 e. The number of carbonyl (C=O) groups excluding carboxylic acids is 1. The Morgan fingerprint density at radius 1 is 1.29 bits per heavy atom. The maximum Gasteiger partial charge on any atom is 0.241 e. The minimum Gasteiger partial charge on any atom is -0.322 e. The monoisotopic (exact) mass is 286 g/mol. The molecule has 3 heteroatoms. The molecule has 3 rings (SSSR count). The number of hydrogen-bond donors (Lipinski definition) is 1. The third-order valence-corrected chi connectivity index (χ3v) is 4.94. The van der Waals surface area contributed by atoms with Gasteiger partial charge in [0.15, 0.2) is 0 Å². The van der Waals surface area contributed by atoms with Crippen LogP contribution in [0.5, 0.6) is 0 Å². The Morgan fingerprint density at radius 2 is 1.90 bits per heavy atom. The van der Waals surface area contributed by atoms with Gasteiger partial charge in [0.2, 0.25) is 5.91 Å². The lowest BCUT2D eigenvalue weighted by atomic mass is 10.1. The summed E-state index contributed by atoms with van der Waals surface area (Å²) in [5.74, 6) is 0.722. The molecule has 1 aliphatic heterocycles. The van der Waals surface area contributed by atoms with Gasteiger partial charge in [0.1, 0.15) is 0 Å². The molecule has 0 spiro atoms. The summed E-state index contributed by atoms with van der Waals surface area (Å²) in [7, 11) is 0. The van der Waals surface area contributed by atoms with E-state index in [0.717, 1.165) is 12.8 Å². The lowest BCUT2D eigenvalue weighted by molar-refractivity contribution is -0.131. The van der Waals surface area contributed by atoms with Crippen LogP contribution < -0.4 is 5.32 Å². The summed E-state index contributed by atoms with van der Waals surface area (Å²) in [6.07, 6.45) is 2.09. The fraction of sp³-hybridized carbons (Fsp3) is 0.611. The quantitative estimate of drug-likeness (QED) is 0.923. The van der Waals surface area contributed by atoms with Gasteiger partial charge in [0.05, 0.1) is 12.2 Å². The first-order chi connectivity index (χ1) is 9.90. The number of hydrogen-bond acceptors (Lipinski definition) is 2. The van der Waals surface area contributed by atoms with Crippen molar-refractivity contribution in [3.05, 3.63) is 35.9 Å². The number of carbonyl (C=O) groups is 1. The minimum atomic E-state index is -0.0730. The zero-order valence-electron chi connectivity index (χ0n) is 13.5. The van der Waals surface area contributed by atoms with E-state index in [0.29, 0.717) is 12.0 Å². The topological polar surface area (TPSA) is 32.3 Å². The molecule has 2 fully saturated rings. The molecule has 1 saturated carbocycles. The van der Waals surface area contributed by atoms with Crippen LogP contribution in [0, 0.1) is 11.3 Å². The van der Waals surface area contributed by atoms with E-state index in [2.05, 4.69) is 50.0 Å². The fourth-order valence-electron chi connectivity index (χ4n) is 3.45. The van der Waals surface area contributed by atoms with Gasteiger partial charge in [-0.25, -0.2) is 0 Å². The van der Waals surface area contributed by atoms with Crippen LogP contribution >= 0.6 is 0 Å². The second-order valence-electron chi connectivity index (χ2n) is 7.55. The molecule has 0 aromatic heterocycles. The molecule has 0 bridgehead atoms. The Hall–Kier alpha value is -1.35. The first-order valence-electron chi connectivity index (χ1n) is 8.02. The average molecular weight is 286 g/mol. The molecule has 1 aromatic rings. The molecule has 1 heterocycles. The van der Waals surface area contributed by atoms with Crippen molar-refractivity contribution in [2.75, 3.05) is 0 Å². The molecular weight excluding hydrogens is 260 g/mol. The lowest BCUT2D eigenvalue weighted by Gasteiger charge is -2.28. The number of benzene rings is 1. The highest BCUT2D eigenvalue weighted by Gasteiger charge is 2.56. The van der Waals surface area contributed by atoms with Crippen molar-refractivity contribution in [1.82, 2.24) is 10.2 Å². The highest BCUT2D eigenvalue weighted by atomic mass is 16.2. The molecular formula is C18H26N2O. The zero-order chi connectivity index (χ0) is 15.2. The van der Waals surface area contributed by atoms with Crippen LogP contribution in [-0.2, 0) is 11.2 Å². The maximum atomic E-state index is 12.9. The van der Waals surface area contributed by atoms with E-state index >= 15 is 0 Å². The van der Waals surface area contributed by atoms with Crippen molar-refractivity contribution >= 4 is 5.91 Å². The van der Waals surface area contributed by atoms with Crippen molar-refractivity contribution in [1.29, 1.82) is 0 Å². The Balaban J connectivity index is 1.77. The van der Waals surface area contributed by atoms with Gasteiger partial charge in [0.25, 0.3) is 0 Å². The van der Waals surface area contributed by atoms with E-state index in [9.17, 15) is 4.79 Å². The van der Waals surface area contributed by atoms with Gasteiger partial charge in [-0.05, 0) is 29.7 Å². The molecule has 1 amide bonds. The molecule has 1 aromatic carbocycles. The second kappa shape index (κ2) is 5.13. The van der Waals surface area contributed by atoms with Crippen molar-refractivity contribution < 1.29 is 4.79 Å². The Kier molecular flexibility index (Phi) is 3.56. The van der Waals surface area contributed by atoms with Gasteiger partial charge < -0.3 is 4.90 Å². The summed E-state index contributed by atoms with van der Waals surface area (Å²) < 4.78 is 0. The minimum absolute atomic E-state index is 0.0730. The maximum absolute atomic E-state index is 12.9. The highest BCUT2D eigenvalue weighted by molar-refractivity contribution is 5.85. The van der Waals surface area contributed by atoms with E-state index < -0.39 is 0 Å². The van der Waals surface area contributed by atoms with Gasteiger partial charge in [-0.15, -0.1) is 0 Å². The molecule has 21 heavy (non-hydrogen) atoms. The highest BCUT2D eigenvalue weighted by Crippen LogP contribution is 2.50. The summed E-state index contributed by atoms with van der Waals surface area (Å²) in [5.41, 5.74) is 1.51. The summed E-state index contributed by atoms with van der Waals surface area (Å²) in [6.45, 7) is 8.90. The summed E-state index contributed by atoms with van der Waals surface area (Å²) in [4.78, 5) is 15.0. The van der Waals surface area contributed by atoms with Crippen LogP contribution in [0.2, 0.25) is 0 Å². The first-order valence-corrected chi connectivity index (χ1v) is 8.02. The first kappa shape index (κ1) is 14.6.